The number of pyridine rings is 1. The fraction of sp³-hybridized carbons (Fsp3) is 0.263. The molecule has 0 saturated heterocycles. The summed E-state index contributed by atoms with van der Waals surface area (Å²) >= 11 is 0. The highest BCUT2D eigenvalue weighted by Crippen LogP contribution is 2.53. The summed E-state index contributed by atoms with van der Waals surface area (Å²) in [6, 6.07) is 16.0. The molecule has 1 aromatic heterocycles. The van der Waals surface area contributed by atoms with Gasteiger partial charge in [-0.1, -0.05) is 48.6 Å². The van der Waals surface area contributed by atoms with Gasteiger partial charge in [0.1, 0.15) is 5.69 Å². The number of ketones is 1. The quantitative estimate of drug-likeness (QED) is 0.628. The number of Topliss-reactive ketones (excluding diaryl/α,β-unsaturated/α-hetero) is 1. The smallest absolute Gasteiger partial charge is 0.185 e. The zero-order chi connectivity index (χ0) is 14.2. The van der Waals surface area contributed by atoms with Crippen LogP contribution in [0.15, 0.2) is 66.9 Å². The van der Waals surface area contributed by atoms with Crippen LogP contribution in [0.3, 0.4) is 0 Å². The number of allylic oxidation sites excluding steroid dienone is 2. The first kappa shape index (κ1) is 12.5. The van der Waals surface area contributed by atoms with E-state index < -0.39 is 0 Å². The number of hydrogen-bond acceptors (Lipinski definition) is 2. The van der Waals surface area contributed by atoms with Crippen LogP contribution in [0.5, 0.6) is 0 Å². The molecule has 1 heterocycles. The van der Waals surface area contributed by atoms with Crippen molar-refractivity contribution in [3.63, 3.8) is 0 Å². The third-order valence-corrected chi connectivity index (χ3v) is 4.86. The molecule has 21 heavy (non-hydrogen) atoms. The van der Waals surface area contributed by atoms with Crippen LogP contribution in [0.4, 0.5) is 0 Å². The van der Waals surface area contributed by atoms with Crippen LogP contribution in [0.1, 0.15) is 28.4 Å². The second-order valence-electron chi connectivity index (χ2n) is 5.99. The van der Waals surface area contributed by atoms with Crippen LogP contribution in [-0.4, -0.2) is 10.8 Å². The Morgan fingerprint density at radius 1 is 0.952 bits per heavy atom. The van der Waals surface area contributed by atoms with Gasteiger partial charge >= 0.3 is 0 Å². The second kappa shape index (κ2) is 4.96. The van der Waals surface area contributed by atoms with E-state index in [1.807, 2.05) is 24.3 Å². The van der Waals surface area contributed by atoms with Gasteiger partial charge < -0.3 is 0 Å². The molecule has 2 nitrogen and oxygen atoms in total. The molecule has 0 unspecified atom stereocenters. The van der Waals surface area contributed by atoms with Crippen LogP contribution >= 0.6 is 0 Å². The highest BCUT2D eigenvalue weighted by molar-refractivity contribution is 5.97. The Labute approximate surface area is 124 Å². The normalized spacial score (nSPS) is 29.7. The molecule has 0 amide bonds. The molecule has 1 saturated carbocycles. The van der Waals surface area contributed by atoms with Crippen molar-refractivity contribution < 1.29 is 4.79 Å². The van der Waals surface area contributed by atoms with E-state index in [1.165, 1.54) is 5.56 Å². The van der Waals surface area contributed by atoms with Crippen molar-refractivity contribution >= 4 is 5.78 Å². The predicted molar refractivity (Wildman–Crippen MR) is 82.0 cm³/mol. The fourth-order valence-electron chi connectivity index (χ4n) is 3.99. The van der Waals surface area contributed by atoms with Crippen molar-refractivity contribution in [1.82, 2.24) is 4.98 Å². The van der Waals surface area contributed by atoms with Crippen molar-refractivity contribution in [3.05, 3.63) is 78.1 Å². The van der Waals surface area contributed by atoms with Gasteiger partial charge in [-0.05, 0) is 36.0 Å². The van der Waals surface area contributed by atoms with Crippen LogP contribution in [0, 0.1) is 17.8 Å². The molecular formula is C19H17NO. The minimum absolute atomic E-state index is 0.0392. The molecule has 2 bridgehead atoms. The fourth-order valence-corrected chi connectivity index (χ4v) is 3.99. The molecule has 4 rings (SSSR count). The van der Waals surface area contributed by atoms with Gasteiger partial charge in [-0.2, -0.15) is 0 Å². The summed E-state index contributed by atoms with van der Waals surface area (Å²) in [4.78, 5) is 17.2. The van der Waals surface area contributed by atoms with E-state index in [2.05, 4.69) is 41.4 Å². The number of rotatable bonds is 3. The third kappa shape index (κ3) is 2.02. The summed E-state index contributed by atoms with van der Waals surface area (Å²) in [5.41, 5.74) is 1.88. The van der Waals surface area contributed by atoms with Gasteiger partial charge in [0, 0.05) is 18.0 Å². The molecule has 0 spiro atoms. The summed E-state index contributed by atoms with van der Waals surface area (Å²) in [7, 11) is 0. The molecule has 2 aromatic rings. The average molecular weight is 275 g/mol. The zero-order valence-electron chi connectivity index (χ0n) is 11.7. The molecular weight excluding hydrogens is 258 g/mol. The standard InChI is InChI=1S/C19H17NO/c21-19(16-8-4-5-11-20-16)18-15-10-9-14(12-15)17(18)13-6-2-1-3-7-13/h1-11,14-15,17-18H,12H2/t14-,15+,17-,18-/m1/s1. The van der Waals surface area contributed by atoms with Crippen LogP contribution in [0.2, 0.25) is 0 Å². The van der Waals surface area contributed by atoms with Gasteiger partial charge in [0.05, 0.1) is 0 Å². The minimum Gasteiger partial charge on any atom is -0.292 e. The molecule has 0 aliphatic heterocycles. The van der Waals surface area contributed by atoms with Gasteiger partial charge in [0.25, 0.3) is 0 Å². The Bertz CT molecular complexity index is 677. The van der Waals surface area contributed by atoms with Gasteiger partial charge in [-0.3, -0.25) is 9.78 Å². The second-order valence-corrected chi connectivity index (χ2v) is 5.99. The number of fused-ring (bicyclic) bond motifs is 2. The van der Waals surface area contributed by atoms with Crippen molar-refractivity contribution in [2.24, 2.45) is 17.8 Å². The first-order valence-corrected chi connectivity index (χ1v) is 7.53. The lowest BCUT2D eigenvalue weighted by atomic mass is 9.75. The minimum atomic E-state index is 0.0392. The van der Waals surface area contributed by atoms with Crippen molar-refractivity contribution in [2.75, 3.05) is 0 Å². The van der Waals surface area contributed by atoms with Gasteiger partial charge in [-0.15, -0.1) is 0 Å². The molecule has 2 heteroatoms. The lowest BCUT2D eigenvalue weighted by Gasteiger charge is -2.27. The summed E-state index contributed by atoms with van der Waals surface area (Å²) in [6.45, 7) is 0. The van der Waals surface area contributed by atoms with Gasteiger partial charge in [0.15, 0.2) is 5.78 Å². The third-order valence-electron chi connectivity index (χ3n) is 4.86. The number of hydrogen-bond donors (Lipinski definition) is 0. The van der Waals surface area contributed by atoms with E-state index in [0.29, 0.717) is 23.4 Å². The van der Waals surface area contributed by atoms with E-state index in [1.54, 1.807) is 6.20 Å². The van der Waals surface area contributed by atoms with Crippen molar-refractivity contribution in [1.29, 1.82) is 0 Å². The van der Waals surface area contributed by atoms with Crippen molar-refractivity contribution in [3.8, 4) is 0 Å². The maximum Gasteiger partial charge on any atom is 0.185 e. The molecule has 4 atom stereocenters. The summed E-state index contributed by atoms with van der Waals surface area (Å²) in [5, 5.41) is 0. The number of benzene rings is 1. The van der Waals surface area contributed by atoms with Gasteiger partial charge in [0.2, 0.25) is 0 Å². The van der Waals surface area contributed by atoms with Crippen LogP contribution < -0.4 is 0 Å². The maximum absolute atomic E-state index is 12.9. The molecule has 0 N–H and O–H groups in total. The predicted octanol–water partition coefficient (Wildman–Crippen LogP) is 3.87. The maximum atomic E-state index is 12.9. The van der Waals surface area contributed by atoms with E-state index in [-0.39, 0.29) is 11.7 Å². The number of carbonyl (C=O) groups is 1. The van der Waals surface area contributed by atoms with Crippen molar-refractivity contribution in [2.45, 2.75) is 12.3 Å². The highest BCUT2D eigenvalue weighted by Gasteiger charge is 2.48. The Hall–Kier alpha value is -2.22. The molecule has 1 aromatic carbocycles. The lowest BCUT2D eigenvalue weighted by Crippen LogP contribution is -2.27. The Morgan fingerprint density at radius 3 is 2.48 bits per heavy atom. The number of aromatic nitrogens is 1. The average Bonchev–Trinajstić information content (AvgIpc) is 3.17. The summed E-state index contributed by atoms with van der Waals surface area (Å²) in [6.07, 6.45) is 7.33. The monoisotopic (exact) mass is 275 g/mol. The molecule has 104 valence electrons. The summed E-state index contributed by atoms with van der Waals surface area (Å²) < 4.78 is 0. The van der Waals surface area contributed by atoms with Gasteiger partial charge in [-0.25, -0.2) is 0 Å². The van der Waals surface area contributed by atoms with E-state index in [9.17, 15) is 4.79 Å². The Balaban J connectivity index is 1.73. The van der Waals surface area contributed by atoms with E-state index >= 15 is 0 Å². The first-order valence-electron chi connectivity index (χ1n) is 7.53. The highest BCUT2D eigenvalue weighted by atomic mass is 16.1. The van der Waals surface area contributed by atoms with E-state index in [4.69, 9.17) is 0 Å². The molecule has 2 aliphatic rings. The molecule has 1 fully saturated rings. The Kier molecular flexibility index (Phi) is 2.95. The SMILES string of the molecule is O=C(c1ccccn1)[C@H]1[C@H](c2ccccc2)[C@@H]2C=C[C@H]1C2. The molecule has 2 aliphatic carbocycles. The van der Waals surface area contributed by atoms with E-state index in [0.717, 1.165) is 6.42 Å². The van der Waals surface area contributed by atoms with Crippen LogP contribution in [-0.2, 0) is 0 Å². The largest absolute Gasteiger partial charge is 0.292 e. The topological polar surface area (TPSA) is 30.0 Å². The number of carbonyl (C=O) groups excluding carboxylic acids is 1. The lowest BCUT2D eigenvalue weighted by molar-refractivity contribution is 0.0881. The first-order chi connectivity index (χ1) is 10.3. The zero-order valence-corrected chi connectivity index (χ0v) is 11.7. The molecule has 0 radical (unpaired) electrons. The number of nitrogens with zero attached hydrogens (tertiary/aromatic N) is 1. The van der Waals surface area contributed by atoms with Crippen LogP contribution in [0.25, 0.3) is 0 Å². The Morgan fingerprint density at radius 2 is 1.71 bits per heavy atom. The summed E-state index contributed by atoms with van der Waals surface area (Å²) in [5.74, 6) is 1.40.